The van der Waals surface area contributed by atoms with Gasteiger partial charge in [0.1, 0.15) is 23.3 Å². The first-order valence-corrected chi connectivity index (χ1v) is 17.2. The van der Waals surface area contributed by atoms with Crippen molar-refractivity contribution in [2.75, 3.05) is 28.9 Å². The lowest BCUT2D eigenvalue weighted by molar-refractivity contribution is -0.129. The Hall–Kier alpha value is -4.80. The van der Waals surface area contributed by atoms with Gasteiger partial charge < -0.3 is 19.7 Å². The van der Waals surface area contributed by atoms with Gasteiger partial charge in [-0.2, -0.15) is 13.2 Å². The molecule has 4 aromatic rings. The van der Waals surface area contributed by atoms with Crippen LogP contribution in [0.15, 0.2) is 54.9 Å². The summed E-state index contributed by atoms with van der Waals surface area (Å²) in [5.41, 5.74) is 0.0657. The average Bonchev–Trinajstić information content (AvgIpc) is 3.02. The van der Waals surface area contributed by atoms with Crippen molar-refractivity contribution in [2.24, 2.45) is 0 Å². The molecule has 3 heterocycles. The van der Waals surface area contributed by atoms with Gasteiger partial charge in [0, 0.05) is 42.2 Å². The van der Waals surface area contributed by atoms with E-state index < -0.39 is 63.8 Å². The Morgan fingerprint density at radius 3 is 2.48 bits per heavy atom. The highest BCUT2D eigenvalue weighted by Crippen LogP contribution is 2.40. The second-order valence-electron chi connectivity index (χ2n) is 12.8. The van der Waals surface area contributed by atoms with Gasteiger partial charge in [-0.3, -0.25) is 4.72 Å². The van der Waals surface area contributed by atoms with Crippen LogP contribution >= 0.6 is 0 Å². The van der Waals surface area contributed by atoms with Crippen LogP contribution in [0.4, 0.5) is 38.4 Å². The molecular formula is C33H35F5N6O5S. The summed E-state index contributed by atoms with van der Waals surface area (Å²) in [6, 6.07) is 9.71. The highest BCUT2D eigenvalue weighted by atomic mass is 32.2. The molecule has 0 saturated carbocycles. The number of carbonyl (C=O) groups excluding carboxylic acids is 1. The van der Waals surface area contributed by atoms with Gasteiger partial charge in [-0.15, -0.1) is 0 Å². The maximum absolute atomic E-state index is 15.0. The zero-order valence-corrected chi connectivity index (χ0v) is 28.3. The average molecular weight is 723 g/mol. The maximum Gasteiger partial charge on any atom is 0.410 e. The third-order valence-electron chi connectivity index (χ3n) is 7.50. The highest BCUT2D eigenvalue weighted by molar-refractivity contribution is 7.92. The van der Waals surface area contributed by atoms with E-state index in [0.717, 1.165) is 6.07 Å². The van der Waals surface area contributed by atoms with E-state index in [1.807, 2.05) is 4.72 Å². The summed E-state index contributed by atoms with van der Waals surface area (Å²) in [6.07, 6.45) is -5.21. The number of carbonyl (C=O) groups is 1. The Labute approximate surface area is 285 Å². The topological polar surface area (TPSA) is 136 Å². The largest absolute Gasteiger partial charge is 0.444 e. The molecule has 2 aromatic carbocycles. The van der Waals surface area contributed by atoms with Crippen molar-refractivity contribution in [1.82, 2.24) is 19.9 Å². The maximum atomic E-state index is 15.0. The molecule has 50 heavy (non-hydrogen) atoms. The number of aromatic nitrogens is 3. The second-order valence-corrected chi connectivity index (χ2v) is 14.6. The Morgan fingerprint density at radius 2 is 1.76 bits per heavy atom. The van der Waals surface area contributed by atoms with Gasteiger partial charge in [-0.05, 0) is 63.6 Å². The highest BCUT2D eigenvalue weighted by Gasteiger charge is 2.33. The first kappa shape index (κ1) is 36.5. The third kappa shape index (κ3) is 9.25. The molecule has 2 aromatic heterocycles. The molecule has 1 aliphatic rings. The van der Waals surface area contributed by atoms with Crippen LogP contribution in [0.2, 0.25) is 0 Å². The number of hydrogen-bond acceptors (Lipinski definition) is 9. The van der Waals surface area contributed by atoms with E-state index in [2.05, 4.69) is 20.3 Å². The molecule has 2 atom stereocenters. The number of aryl methyl sites for hydroxylation is 1. The number of amides is 1. The summed E-state index contributed by atoms with van der Waals surface area (Å²) in [4.78, 5) is 27.1. The molecule has 5 rings (SSSR count). The standard InChI is InChI=1S/C33H35F5N6O5S/c1-19-7-8-22-23(9-10-25(35)27(22)43-50(46,47)15-12-33(36,37)38)28(19)48-29-24(6-5-13-39-29)26-11-14-40-30(42-26)41-21-16-20(34)17-44(18-21)31(45)49-32(2,3)4/h5-11,13-14,20-21,43H,12,15-18H2,1-4H3,(H,40,41,42)/t20-,21-/m1/s1. The molecule has 1 aliphatic heterocycles. The number of pyridine rings is 1. The molecule has 0 aliphatic carbocycles. The second kappa shape index (κ2) is 14.2. The molecular weight excluding hydrogens is 687 g/mol. The minimum atomic E-state index is -4.72. The number of nitrogens with zero attached hydrogens (tertiary/aromatic N) is 4. The zero-order chi connectivity index (χ0) is 36.4. The lowest BCUT2D eigenvalue weighted by atomic mass is 10.0. The Kier molecular flexibility index (Phi) is 10.4. The van der Waals surface area contributed by atoms with Crippen molar-refractivity contribution >= 4 is 38.5 Å². The van der Waals surface area contributed by atoms with E-state index in [9.17, 15) is 35.2 Å². The molecule has 1 saturated heterocycles. The van der Waals surface area contributed by atoms with Gasteiger partial charge >= 0.3 is 12.3 Å². The molecule has 0 bridgehead atoms. The monoisotopic (exact) mass is 722 g/mol. The minimum Gasteiger partial charge on any atom is -0.444 e. The number of rotatable bonds is 9. The summed E-state index contributed by atoms with van der Waals surface area (Å²) in [6.45, 7) is 6.93. The Balaban J connectivity index is 1.41. The van der Waals surface area contributed by atoms with Crippen molar-refractivity contribution in [3.8, 4) is 22.9 Å². The predicted octanol–water partition coefficient (Wildman–Crippen LogP) is 7.39. The summed E-state index contributed by atoms with van der Waals surface area (Å²) in [7, 11) is -4.57. The summed E-state index contributed by atoms with van der Waals surface area (Å²) < 4.78 is 106. The number of halogens is 5. The number of piperidine rings is 1. The fourth-order valence-electron chi connectivity index (χ4n) is 5.30. The normalized spacial score (nSPS) is 17.0. The summed E-state index contributed by atoms with van der Waals surface area (Å²) in [5.74, 6) is -1.87. The molecule has 0 unspecified atom stereocenters. The van der Waals surface area contributed by atoms with Crippen molar-refractivity contribution < 1.29 is 44.6 Å². The van der Waals surface area contributed by atoms with Gasteiger partial charge in [0.15, 0.2) is 0 Å². The lowest BCUT2D eigenvalue weighted by Crippen LogP contribution is -2.51. The minimum absolute atomic E-state index is 0.0475. The fourth-order valence-corrected chi connectivity index (χ4v) is 6.42. The van der Waals surface area contributed by atoms with Crippen molar-refractivity contribution in [3.05, 3.63) is 66.2 Å². The van der Waals surface area contributed by atoms with Crippen molar-refractivity contribution in [1.29, 1.82) is 0 Å². The Bertz CT molecular complexity index is 1990. The molecule has 1 fully saturated rings. The number of hydrogen-bond donors (Lipinski definition) is 2. The van der Waals surface area contributed by atoms with E-state index >= 15 is 0 Å². The number of nitrogens with one attached hydrogen (secondary N) is 2. The quantitative estimate of drug-likeness (QED) is 0.170. The van der Waals surface area contributed by atoms with E-state index in [1.54, 1.807) is 52.0 Å². The van der Waals surface area contributed by atoms with Crippen LogP contribution in [-0.2, 0) is 14.8 Å². The molecule has 17 heteroatoms. The number of fused-ring (bicyclic) bond motifs is 1. The van der Waals surface area contributed by atoms with Crippen molar-refractivity contribution in [2.45, 2.75) is 64.5 Å². The van der Waals surface area contributed by atoms with Gasteiger partial charge in [0.05, 0.1) is 35.7 Å². The van der Waals surface area contributed by atoms with Crippen LogP contribution in [0, 0.1) is 12.7 Å². The van der Waals surface area contributed by atoms with Crippen LogP contribution in [-0.4, -0.2) is 77.2 Å². The van der Waals surface area contributed by atoms with E-state index in [-0.39, 0.29) is 47.9 Å². The number of benzene rings is 2. The Morgan fingerprint density at radius 1 is 1.02 bits per heavy atom. The van der Waals surface area contributed by atoms with Gasteiger partial charge in [0.25, 0.3) is 0 Å². The van der Waals surface area contributed by atoms with Crippen LogP contribution in [0.3, 0.4) is 0 Å². The number of sulfonamides is 1. The third-order valence-corrected chi connectivity index (χ3v) is 8.75. The summed E-state index contributed by atoms with van der Waals surface area (Å²) in [5, 5.41) is 3.40. The van der Waals surface area contributed by atoms with Crippen LogP contribution in [0.5, 0.6) is 11.6 Å². The SMILES string of the molecule is Cc1ccc2c(NS(=O)(=O)CCC(F)(F)F)c(F)ccc2c1Oc1ncccc1-c1ccnc(N[C@@H]2C[C@@H](F)CN(C(=O)OC(C)(C)C)C2)n1. The van der Waals surface area contributed by atoms with Crippen LogP contribution in [0.25, 0.3) is 22.0 Å². The zero-order valence-electron chi connectivity index (χ0n) is 27.5. The molecule has 268 valence electrons. The molecule has 0 spiro atoms. The lowest BCUT2D eigenvalue weighted by Gasteiger charge is -2.36. The first-order chi connectivity index (χ1) is 23.4. The van der Waals surface area contributed by atoms with Crippen LogP contribution in [0.1, 0.15) is 39.2 Å². The van der Waals surface area contributed by atoms with E-state index in [0.29, 0.717) is 16.8 Å². The van der Waals surface area contributed by atoms with E-state index in [1.165, 1.54) is 29.4 Å². The number of anilines is 2. The number of alkyl halides is 4. The number of ether oxygens (including phenoxy) is 2. The van der Waals surface area contributed by atoms with Crippen LogP contribution < -0.4 is 14.8 Å². The van der Waals surface area contributed by atoms with Gasteiger partial charge in [-0.1, -0.05) is 12.1 Å². The smallest absolute Gasteiger partial charge is 0.410 e. The fraction of sp³-hybridized carbons (Fsp3) is 0.394. The predicted molar refractivity (Wildman–Crippen MR) is 177 cm³/mol. The van der Waals surface area contributed by atoms with Crippen molar-refractivity contribution in [3.63, 3.8) is 0 Å². The molecule has 11 nitrogen and oxygen atoms in total. The molecule has 0 radical (unpaired) electrons. The molecule has 2 N–H and O–H groups in total. The summed E-state index contributed by atoms with van der Waals surface area (Å²) >= 11 is 0. The van der Waals surface area contributed by atoms with Gasteiger partial charge in [0.2, 0.25) is 21.9 Å². The van der Waals surface area contributed by atoms with Gasteiger partial charge in [-0.25, -0.2) is 36.9 Å². The first-order valence-electron chi connectivity index (χ1n) is 15.5. The van der Waals surface area contributed by atoms with E-state index in [4.69, 9.17) is 9.47 Å². The molecule has 1 amide bonds. The number of likely N-dealkylation sites (tertiary alicyclic amines) is 1.